The normalized spacial score (nSPS) is 16.3. The van der Waals surface area contributed by atoms with Crippen LogP contribution in [0.5, 0.6) is 0 Å². The number of allylic oxidation sites excluding steroid dienone is 1. The van der Waals surface area contributed by atoms with E-state index in [2.05, 4.69) is 11.4 Å². The molecule has 5 nitrogen and oxygen atoms in total. The lowest BCUT2D eigenvalue weighted by Crippen LogP contribution is -2.30. The molecule has 3 rings (SSSR count). The first-order valence-electron chi connectivity index (χ1n) is 8.52. The van der Waals surface area contributed by atoms with E-state index in [-0.39, 0.29) is 18.2 Å². The van der Waals surface area contributed by atoms with Crippen LogP contribution >= 0.6 is 23.4 Å². The van der Waals surface area contributed by atoms with Crippen LogP contribution in [0.4, 0.5) is 0 Å². The number of nitrogens with one attached hydrogen (secondary N) is 1. The van der Waals surface area contributed by atoms with Crippen LogP contribution in [0.25, 0.3) is 0 Å². The van der Waals surface area contributed by atoms with E-state index in [1.165, 1.54) is 18.9 Å². The predicted molar refractivity (Wildman–Crippen MR) is 109 cm³/mol. The average Bonchev–Trinajstić information content (AvgIpc) is 2.72. The molecular formula is C21H17ClN2O3S. The lowest BCUT2D eigenvalue weighted by Gasteiger charge is -2.25. The number of thioether (sulfide) groups is 1. The summed E-state index contributed by atoms with van der Waals surface area (Å²) in [6.45, 7) is 0. The molecule has 1 N–H and O–H groups in total. The van der Waals surface area contributed by atoms with Crippen LogP contribution in [-0.4, -0.2) is 19.0 Å². The first-order valence-corrected chi connectivity index (χ1v) is 9.88. The average molecular weight is 413 g/mol. The Bertz CT molecular complexity index is 980. The highest BCUT2D eigenvalue weighted by molar-refractivity contribution is 8.02. The molecule has 0 unspecified atom stereocenters. The number of carbonyl (C=O) groups is 2. The summed E-state index contributed by atoms with van der Waals surface area (Å²) in [6, 6.07) is 16.5. The van der Waals surface area contributed by atoms with E-state index in [1.54, 1.807) is 24.3 Å². The Balaban J connectivity index is 1.87. The van der Waals surface area contributed by atoms with Crippen LogP contribution in [0.15, 0.2) is 59.1 Å². The van der Waals surface area contributed by atoms with Crippen molar-refractivity contribution in [2.24, 2.45) is 0 Å². The fourth-order valence-electron chi connectivity index (χ4n) is 2.95. The minimum absolute atomic E-state index is 0.150. The van der Waals surface area contributed by atoms with Crippen molar-refractivity contribution in [3.8, 4) is 6.07 Å². The Morgan fingerprint density at radius 2 is 2.00 bits per heavy atom. The fourth-order valence-corrected chi connectivity index (χ4v) is 4.32. The topological polar surface area (TPSA) is 79.2 Å². The molecule has 1 heterocycles. The molecule has 0 radical (unpaired) electrons. The number of nitrogens with zero attached hydrogens (tertiary/aromatic N) is 1. The van der Waals surface area contributed by atoms with Gasteiger partial charge in [-0.2, -0.15) is 5.26 Å². The summed E-state index contributed by atoms with van der Waals surface area (Å²) >= 11 is 7.58. The Kier molecular flexibility index (Phi) is 6.40. The van der Waals surface area contributed by atoms with Crippen molar-refractivity contribution in [3.63, 3.8) is 0 Å². The zero-order valence-electron chi connectivity index (χ0n) is 15.1. The van der Waals surface area contributed by atoms with Crippen LogP contribution in [0.1, 0.15) is 33.8 Å². The van der Waals surface area contributed by atoms with Crippen LogP contribution < -0.4 is 5.32 Å². The minimum Gasteiger partial charge on any atom is -0.465 e. The number of carbonyl (C=O) groups excluding carboxylic acids is 2. The molecule has 28 heavy (non-hydrogen) atoms. The maximum absolute atomic E-state index is 12.3. The SMILES string of the molecule is COC(=O)c1ccc([C@@H]2CC(=O)NC(SCc3ccccc3Cl)=C2C#N)cc1. The Hall–Kier alpha value is -2.75. The standard InChI is InChI=1S/C21H17ClN2O3S/c1-27-21(26)14-8-6-13(7-9-14)16-10-19(25)24-20(17(16)11-23)28-12-15-4-2-3-5-18(15)22/h2-9,16H,10,12H2,1H3,(H,24,25)/t16-/m0/s1. The monoisotopic (exact) mass is 412 g/mol. The predicted octanol–water partition coefficient (Wildman–Crippen LogP) is 4.40. The number of ether oxygens (including phenoxy) is 1. The molecule has 0 spiro atoms. The second-order valence-electron chi connectivity index (χ2n) is 6.15. The molecule has 0 saturated heterocycles. The highest BCUT2D eigenvalue weighted by atomic mass is 35.5. The number of methoxy groups -OCH3 is 1. The van der Waals surface area contributed by atoms with Gasteiger partial charge in [-0.25, -0.2) is 4.79 Å². The van der Waals surface area contributed by atoms with Crippen molar-refractivity contribution in [3.05, 3.63) is 80.8 Å². The van der Waals surface area contributed by atoms with Crippen LogP contribution in [0, 0.1) is 11.3 Å². The molecule has 1 aliphatic heterocycles. The van der Waals surface area contributed by atoms with Crippen LogP contribution in [-0.2, 0) is 15.3 Å². The summed E-state index contributed by atoms with van der Waals surface area (Å²) < 4.78 is 4.70. The van der Waals surface area contributed by atoms with Gasteiger partial charge in [-0.1, -0.05) is 41.9 Å². The highest BCUT2D eigenvalue weighted by Gasteiger charge is 2.29. The Morgan fingerprint density at radius 3 is 2.64 bits per heavy atom. The maximum Gasteiger partial charge on any atom is 0.337 e. The number of halogens is 1. The van der Waals surface area contributed by atoms with Crippen LogP contribution in [0.3, 0.4) is 0 Å². The van der Waals surface area contributed by atoms with E-state index in [0.717, 1.165) is 11.1 Å². The largest absolute Gasteiger partial charge is 0.465 e. The summed E-state index contributed by atoms with van der Waals surface area (Å²) in [5.41, 5.74) is 2.65. The molecule has 142 valence electrons. The lowest BCUT2D eigenvalue weighted by molar-refractivity contribution is -0.120. The first-order chi connectivity index (χ1) is 13.5. The number of hydrogen-bond donors (Lipinski definition) is 1. The van der Waals surface area contributed by atoms with Crippen molar-refractivity contribution in [2.75, 3.05) is 7.11 Å². The minimum atomic E-state index is -0.431. The zero-order valence-corrected chi connectivity index (χ0v) is 16.6. The van der Waals surface area contributed by atoms with Gasteiger partial charge in [0.15, 0.2) is 0 Å². The first kappa shape index (κ1) is 20.0. The fraction of sp³-hybridized carbons (Fsp3) is 0.190. The number of rotatable bonds is 5. The summed E-state index contributed by atoms with van der Waals surface area (Å²) in [7, 11) is 1.32. The summed E-state index contributed by atoms with van der Waals surface area (Å²) in [4.78, 5) is 23.9. The van der Waals surface area contributed by atoms with Gasteiger partial charge in [0.2, 0.25) is 5.91 Å². The van der Waals surface area contributed by atoms with E-state index < -0.39 is 5.97 Å². The van der Waals surface area contributed by atoms with Crippen molar-refractivity contribution < 1.29 is 14.3 Å². The third-order valence-electron chi connectivity index (χ3n) is 4.42. The molecule has 2 aromatic carbocycles. The number of esters is 1. The molecule has 1 amide bonds. The van der Waals surface area contributed by atoms with E-state index in [4.69, 9.17) is 16.3 Å². The molecule has 1 aliphatic rings. The van der Waals surface area contributed by atoms with Gasteiger partial charge in [-0.15, -0.1) is 11.8 Å². The van der Waals surface area contributed by atoms with E-state index in [9.17, 15) is 14.9 Å². The van der Waals surface area contributed by atoms with Gasteiger partial charge in [0.25, 0.3) is 0 Å². The Morgan fingerprint density at radius 1 is 1.29 bits per heavy atom. The van der Waals surface area contributed by atoms with Gasteiger partial charge in [0.1, 0.15) is 0 Å². The van der Waals surface area contributed by atoms with Gasteiger partial charge in [0.05, 0.1) is 29.3 Å². The molecule has 7 heteroatoms. The van der Waals surface area contributed by atoms with Crippen molar-refractivity contribution in [1.82, 2.24) is 5.32 Å². The molecule has 2 aromatic rings. The van der Waals surface area contributed by atoms with Crippen molar-refractivity contribution in [2.45, 2.75) is 18.1 Å². The van der Waals surface area contributed by atoms with E-state index >= 15 is 0 Å². The molecule has 0 bridgehead atoms. The molecule has 0 saturated carbocycles. The number of amides is 1. The number of nitriles is 1. The number of benzene rings is 2. The van der Waals surface area contributed by atoms with Crippen LogP contribution in [0.2, 0.25) is 5.02 Å². The van der Waals surface area contributed by atoms with Gasteiger partial charge < -0.3 is 10.1 Å². The Labute approximate surface area is 172 Å². The van der Waals surface area contributed by atoms with E-state index in [0.29, 0.717) is 26.9 Å². The molecular weight excluding hydrogens is 396 g/mol. The highest BCUT2D eigenvalue weighted by Crippen LogP contribution is 2.37. The molecule has 1 atom stereocenters. The third kappa shape index (κ3) is 4.38. The summed E-state index contributed by atoms with van der Waals surface area (Å²) in [6.07, 6.45) is 0.177. The van der Waals surface area contributed by atoms with E-state index in [1.807, 2.05) is 24.3 Å². The molecule has 0 aromatic heterocycles. The second kappa shape index (κ2) is 8.96. The summed E-state index contributed by atoms with van der Waals surface area (Å²) in [5.74, 6) is -0.407. The quantitative estimate of drug-likeness (QED) is 0.736. The zero-order chi connectivity index (χ0) is 20.1. The van der Waals surface area contributed by atoms with Crippen molar-refractivity contribution in [1.29, 1.82) is 5.26 Å². The maximum atomic E-state index is 12.3. The smallest absolute Gasteiger partial charge is 0.337 e. The molecule has 0 fully saturated rings. The molecule has 0 aliphatic carbocycles. The van der Waals surface area contributed by atoms with Gasteiger partial charge in [-0.05, 0) is 29.3 Å². The number of hydrogen-bond acceptors (Lipinski definition) is 5. The van der Waals surface area contributed by atoms with Gasteiger partial charge in [0, 0.05) is 23.1 Å². The lowest BCUT2D eigenvalue weighted by atomic mass is 9.87. The van der Waals surface area contributed by atoms with Gasteiger partial charge in [-0.3, -0.25) is 4.79 Å². The summed E-state index contributed by atoms with van der Waals surface area (Å²) in [5, 5.41) is 13.7. The third-order valence-corrected chi connectivity index (χ3v) is 5.85. The van der Waals surface area contributed by atoms with Gasteiger partial charge >= 0.3 is 5.97 Å². The second-order valence-corrected chi connectivity index (χ2v) is 7.55. The van der Waals surface area contributed by atoms with Crippen molar-refractivity contribution >= 4 is 35.2 Å².